The Morgan fingerprint density at radius 2 is 2.00 bits per heavy atom. The zero-order valence-corrected chi connectivity index (χ0v) is 7.04. The molecule has 0 unspecified atom stereocenters. The highest BCUT2D eigenvalue weighted by Gasteiger charge is 1.94. The van der Waals surface area contributed by atoms with Crippen LogP contribution in [-0.2, 0) is 0 Å². The summed E-state index contributed by atoms with van der Waals surface area (Å²) < 4.78 is 0. The van der Waals surface area contributed by atoms with Crippen molar-refractivity contribution in [2.75, 3.05) is 13.1 Å². The molecular formula is C7H15N3O. The van der Waals surface area contributed by atoms with Gasteiger partial charge in [0, 0.05) is 6.54 Å². The molecule has 11 heavy (non-hydrogen) atoms. The Morgan fingerprint density at radius 1 is 1.36 bits per heavy atom. The standard InChI is InChI=1S/C7H15N3O/c1-6(7(2)10-11)9-5-3-4-8/h11H,3-5,8H2,1-2H3/b9-6?,10-7+. The Hall–Kier alpha value is -0.900. The fourth-order valence-electron chi connectivity index (χ4n) is 0.525. The van der Waals surface area contributed by atoms with Crippen LogP contribution in [0.15, 0.2) is 10.1 Å². The molecule has 0 fully saturated rings. The van der Waals surface area contributed by atoms with E-state index in [0.29, 0.717) is 18.8 Å². The van der Waals surface area contributed by atoms with E-state index in [-0.39, 0.29) is 0 Å². The van der Waals surface area contributed by atoms with Crippen molar-refractivity contribution < 1.29 is 5.21 Å². The maximum atomic E-state index is 8.34. The van der Waals surface area contributed by atoms with Gasteiger partial charge in [-0.2, -0.15) is 0 Å². The van der Waals surface area contributed by atoms with Crippen LogP contribution in [-0.4, -0.2) is 29.7 Å². The van der Waals surface area contributed by atoms with Gasteiger partial charge in [-0.3, -0.25) is 4.99 Å². The van der Waals surface area contributed by atoms with Gasteiger partial charge in [0.2, 0.25) is 0 Å². The minimum atomic E-state index is 0.557. The van der Waals surface area contributed by atoms with Crippen LogP contribution < -0.4 is 5.73 Å². The quantitative estimate of drug-likeness (QED) is 0.272. The molecule has 0 aliphatic carbocycles. The Labute approximate surface area is 66.8 Å². The van der Waals surface area contributed by atoms with Gasteiger partial charge in [0.05, 0.1) is 11.4 Å². The Kier molecular flexibility index (Phi) is 5.37. The topological polar surface area (TPSA) is 71.0 Å². The summed E-state index contributed by atoms with van der Waals surface area (Å²) in [4.78, 5) is 4.13. The molecule has 3 N–H and O–H groups in total. The molecule has 0 saturated carbocycles. The SMILES string of the molecule is CC(=NCCCN)/C(C)=N/O. The average molecular weight is 157 g/mol. The molecule has 64 valence electrons. The van der Waals surface area contributed by atoms with Gasteiger partial charge in [0.1, 0.15) is 0 Å². The molecule has 0 aromatic heterocycles. The van der Waals surface area contributed by atoms with Gasteiger partial charge in [0.25, 0.3) is 0 Å². The number of hydrogen-bond acceptors (Lipinski definition) is 4. The Morgan fingerprint density at radius 3 is 2.45 bits per heavy atom. The van der Waals surface area contributed by atoms with Gasteiger partial charge in [-0.1, -0.05) is 5.16 Å². The van der Waals surface area contributed by atoms with E-state index in [1.165, 1.54) is 0 Å². The normalized spacial score (nSPS) is 13.7. The minimum absolute atomic E-state index is 0.557. The zero-order chi connectivity index (χ0) is 8.69. The maximum absolute atomic E-state index is 8.34. The second-order valence-electron chi connectivity index (χ2n) is 2.29. The summed E-state index contributed by atoms with van der Waals surface area (Å²) in [5.41, 5.74) is 6.60. The summed E-state index contributed by atoms with van der Waals surface area (Å²) in [5.74, 6) is 0. The highest BCUT2D eigenvalue weighted by molar-refractivity contribution is 6.40. The van der Waals surface area contributed by atoms with Crippen molar-refractivity contribution in [2.45, 2.75) is 20.3 Å². The lowest BCUT2D eigenvalue weighted by molar-refractivity contribution is 0.320. The van der Waals surface area contributed by atoms with Crippen molar-refractivity contribution in [1.82, 2.24) is 0 Å². The predicted molar refractivity (Wildman–Crippen MR) is 46.5 cm³/mol. The Bertz CT molecular complexity index is 163. The highest BCUT2D eigenvalue weighted by atomic mass is 16.4. The molecular weight excluding hydrogens is 142 g/mol. The predicted octanol–water partition coefficient (Wildman–Crippen LogP) is 0.646. The van der Waals surface area contributed by atoms with E-state index >= 15 is 0 Å². The lowest BCUT2D eigenvalue weighted by atomic mass is 10.3. The van der Waals surface area contributed by atoms with E-state index in [0.717, 1.165) is 12.1 Å². The lowest BCUT2D eigenvalue weighted by Gasteiger charge is -1.96. The van der Waals surface area contributed by atoms with E-state index in [2.05, 4.69) is 10.1 Å². The molecule has 0 radical (unpaired) electrons. The average Bonchev–Trinajstić information content (AvgIpc) is 2.03. The Balaban J connectivity index is 3.81. The fourth-order valence-corrected chi connectivity index (χ4v) is 0.525. The third kappa shape index (κ3) is 4.50. The monoisotopic (exact) mass is 157 g/mol. The summed E-state index contributed by atoms with van der Waals surface area (Å²) >= 11 is 0. The van der Waals surface area contributed by atoms with E-state index in [4.69, 9.17) is 10.9 Å². The second-order valence-corrected chi connectivity index (χ2v) is 2.29. The molecule has 4 heteroatoms. The van der Waals surface area contributed by atoms with Gasteiger partial charge in [-0.25, -0.2) is 0 Å². The van der Waals surface area contributed by atoms with Gasteiger partial charge in [0.15, 0.2) is 0 Å². The number of rotatable bonds is 4. The summed E-state index contributed by atoms with van der Waals surface area (Å²) in [5, 5.41) is 11.4. The molecule has 0 rings (SSSR count). The third-order valence-corrected chi connectivity index (χ3v) is 1.38. The van der Waals surface area contributed by atoms with Crippen molar-refractivity contribution in [3.05, 3.63) is 0 Å². The summed E-state index contributed by atoms with van der Waals surface area (Å²) in [6.07, 6.45) is 0.871. The molecule has 0 saturated heterocycles. The molecule has 0 amide bonds. The van der Waals surface area contributed by atoms with Crippen LogP contribution in [0.1, 0.15) is 20.3 Å². The lowest BCUT2D eigenvalue weighted by Crippen LogP contribution is -2.08. The molecule has 0 bridgehead atoms. The molecule has 0 aromatic carbocycles. The van der Waals surface area contributed by atoms with Crippen LogP contribution in [0.5, 0.6) is 0 Å². The first-order valence-corrected chi connectivity index (χ1v) is 3.62. The van der Waals surface area contributed by atoms with Gasteiger partial charge >= 0.3 is 0 Å². The van der Waals surface area contributed by atoms with Crippen LogP contribution in [0.4, 0.5) is 0 Å². The number of oxime groups is 1. The summed E-state index contributed by atoms with van der Waals surface area (Å²) in [6, 6.07) is 0. The molecule has 0 atom stereocenters. The summed E-state index contributed by atoms with van der Waals surface area (Å²) in [7, 11) is 0. The van der Waals surface area contributed by atoms with Crippen molar-refractivity contribution in [2.24, 2.45) is 15.9 Å². The van der Waals surface area contributed by atoms with Gasteiger partial charge in [-0.15, -0.1) is 0 Å². The molecule has 0 aliphatic rings. The first kappa shape index (κ1) is 10.1. The number of nitrogens with two attached hydrogens (primary N) is 1. The zero-order valence-electron chi connectivity index (χ0n) is 7.04. The first-order chi connectivity index (χ1) is 5.22. The highest BCUT2D eigenvalue weighted by Crippen LogP contribution is 1.85. The largest absolute Gasteiger partial charge is 0.411 e. The van der Waals surface area contributed by atoms with Crippen LogP contribution >= 0.6 is 0 Å². The van der Waals surface area contributed by atoms with Crippen LogP contribution in [0.25, 0.3) is 0 Å². The maximum Gasteiger partial charge on any atom is 0.0971 e. The molecule has 0 aliphatic heterocycles. The van der Waals surface area contributed by atoms with Crippen molar-refractivity contribution in [3.8, 4) is 0 Å². The summed E-state index contributed by atoms with van der Waals surface area (Å²) in [6.45, 7) is 4.87. The number of hydrogen-bond donors (Lipinski definition) is 2. The molecule has 0 aromatic rings. The molecule has 0 heterocycles. The van der Waals surface area contributed by atoms with Crippen molar-refractivity contribution in [1.29, 1.82) is 0 Å². The van der Waals surface area contributed by atoms with E-state index in [9.17, 15) is 0 Å². The molecule has 4 nitrogen and oxygen atoms in total. The smallest absolute Gasteiger partial charge is 0.0971 e. The fraction of sp³-hybridized carbons (Fsp3) is 0.714. The van der Waals surface area contributed by atoms with E-state index in [1.54, 1.807) is 6.92 Å². The van der Waals surface area contributed by atoms with Crippen molar-refractivity contribution in [3.63, 3.8) is 0 Å². The number of nitrogens with zero attached hydrogens (tertiary/aromatic N) is 2. The molecule has 0 spiro atoms. The van der Waals surface area contributed by atoms with Crippen LogP contribution in [0.3, 0.4) is 0 Å². The van der Waals surface area contributed by atoms with E-state index < -0.39 is 0 Å². The number of aliphatic imine (C=N–C) groups is 1. The van der Waals surface area contributed by atoms with Gasteiger partial charge < -0.3 is 10.9 Å². The van der Waals surface area contributed by atoms with E-state index in [1.807, 2.05) is 6.92 Å². The van der Waals surface area contributed by atoms with Gasteiger partial charge in [-0.05, 0) is 26.8 Å². The minimum Gasteiger partial charge on any atom is -0.411 e. The second kappa shape index (κ2) is 5.85. The third-order valence-electron chi connectivity index (χ3n) is 1.38. The first-order valence-electron chi connectivity index (χ1n) is 3.62. The van der Waals surface area contributed by atoms with Crippen molar-refractivity contribution >= 4 is 11.4 Å². The van der Waals surface area contributed by atoms with Crippen LogP contribution in [0, 0.1) is 0 Å². The van der Waals surface area contributed by atoms with Crippen LogP contribution in [0.2, 0.25) is 0 Å².